The van der Waals surface area contributed by atoms with Gasteiger partial charge in [-0.1, -0.05) is 17.9 Å². The van der Waals surface area contributed by atoms with E-state index in [1.54, 1.807) is 6.07 Å². The second-order valence-electron chi connectivity index (χ2n) is 7.83. The lowest BCUT2D eigenvalue weighted by Crippen LogP contribution is -2.26. The van der Waals surface area contributed by atoms with Gasteiger partial charge >= 0.3 is 6.18 Å². The Hall–Kier alpha value is -3.88. The molecule has 174 valence electrons. The summed E-state index contributed by atoms with van der Waals surface area (Å²) in [6.07, 6.45) is -3.72. The Morgan fingerprint density at radius 3 is 2.68 bits per heavy atom. The molecule has 5 rings (SSSR count). The zero-order valence-electron chi connectivity index (χ0n) is 17.2. The molecule has 0 amide bonds. The van der Waals surface area contributed by atoms with E-state index in [2.05, 4.69) is 32.0 Å². The molecule has 4 aromatic rings. The van der Waals surface area contributed by atoms with Crippen molar-refractivity contribution in [3.8, 4) is 11.8 Å². The number of rotatable bonds is 4. The van der Waals surface area contributed by atoms with Crippen LogP contribution in [0.15, 0.2) is 43.0 Å². The lowest BCUT2D eigenvalue weighted by atomic mass is 10.1. The molecule has 3 heterocycles. The number of benzene rings is 1. The van der Waals surface area contributed by atoms with Crippen LogP contribution >= 0.6 is 0 Å². The Balaban J connectivity index is 1.64. The molecule has 0 N–H and O–H groups in total. The van der Waals surface area contributed by atoms with E-state index in [0.29, 0.717) is 5.52 Å². The van der Waals surface area contributed by atoms with E-state index in [1.807, 2.05) is 0 Å². The zero-order valence-corrected chi connectivity index (χ0v) is 17.2. The molecule has 1 fully saturated rings. The number of pyridine rings is 1. The van der Waals surface area contributed by atoms with Gasteiger partial charge in [0.2, 0.25) is 0 Å². The van der Waals surface area contributed by atoms with Gasteiger partial charge in [0.1, 0.15) is 23.4 Å². The third kappa shape index (κ3) is 3.76. The van der Waals surface area contributed by atoms with E-state index in [9.17, 15) is 26.3 Å². The van der Waals surface area contributed by atoms with Gasteiger partial charge in [0.25, 0.3) is 12.2 Å². The SMILES string of the molecule is Fc1cccc2c1c(N(CC(F)F)c1cncc(C#CC3(C(F)(F)F)CC3)c1)nc1nncn12. The van der Waals surface area contributed by atoms with Gasteiger partial charge < -0.3 is 4.90 Å². The monoisotopic (exact) mass is 476 g/mol. The minimum absolute atomic E-state index is 0.0529. The Morgan fingerprint density at radius 2 is 1.97 bits per heavy atom. The van der Waals surface area contributed by atoms with E-state index in [4.69, 9.17) is 0 Å². The highest BCUT2D eigenvalue weighted by atomic mass is 19.4. The lowest BCUT2D eigenvalue weighted by Gasteiger charge is -2.25. The molecular formula is C22H14F6N6. The zero-order chi connectivity index (χ0) is 24.1. The molecule has 1 aromatic carbocycles. The molecule has 12 heteroatoms. The van der Waals surface area contributed by atoms with Gasteiger partial charge in [-0.2, -0.15) is 18.2 Å². The molecule has 1 aliphatic carbocycles. The normalized spacial score (nSPS) is 14.9. The third-order valence-electron chi connectivity index (χ3n) is 5.56. The van der Waals surface area contributed by atoms with Crippen LogP contribution in [0.3, 0.4) is 0 Å². The molecular weight excluding hydrogens is 462 g/mol. The van der Waals surface area contributed by atoms with Gasteiger partial charge in [-0.3, -0.25) is 9.38 Å². The second kappa shape index (κ2) is 7.86. The quantitative estimate of drug-likeness (QED) is 0.310. The van der Waals surface area contributed by atoms with Crippen molar-refractivity contribution in [2.24, 2.45) is 5.41 Å². The number of alkyl halides is 5. The van der Waals surface area contributed by atoms with Crippen LogP contribution < -0.4 is 4.90 Å². The van der Waals surface area contributed by atoms with Crippen LogP contribution in [-0.2, 0) is 0 Å². The maximum atomic E-state index is 14.9. The van der Waals surface area contributed by atoms with Gasteiger partial charge in [0.15, 0.2) is 0 Å². The fourth-order valence-electron chi connectivity index (χ4n) is 3.65. The summed E-state index contributed by atoms with van der Waals surface area (Å²) in [5, 5.41) is 7.53. The average Bonchev–Trinajstić information content (AvgIpc) is 3.45. The summed E-state index contributed by atoms with van der Waals surface area (Å²) < 4.78 is 83.0. The van der Waals surface area contributed by atoms with Gasteiger partial charge in [0, 0.05) is 11.8 Å². The van der Waals surface area contributed by atoms with E-state index >= 15 is 0 Å². The summed E-state index contributed by atoms with van der Waals surface area (Å²) in [5.74, 6) is 3.90. The van der Waals surface area contributed by atoms with Crippen molar-refractivity contribution >= 4 is 28.2 Å². The maximum absolute atomic E-state index is 14.9. The van der Waals surface area contributed by atoms with Crippen molar-refractivity contribution in [3.63, 3.8) is 0 Å². The van der Waals surface area contributed by atoms with Crippen molar-refractivity contribution in [2.45, 2.75) is 25.4 Å². The van der Waals surface area contributed by atoms with Crippen LogP contribution in [0.25, 0.3) is 16.7 Å². The first-order valence-electron chi connectivity index (χ1n) is 10.1. The largest absolute Gasteiger partial charge is 0.405 e. The summed E-state index contributed by atoms with van der Waals surface area (Å²) in [6, 6.07) is 5.49. The predicted octanol–water partition coefficient (Wildman–Crippen LogP) is 4.91. The smallest absolute Gasteiger partial charge is 0.318 e. The Kier molecular flexibility index (Phi) is 5.07. The third-order valence-corrected chi connectivity index (χ3v) is 5.56. The van der Waals surface area contributed by atoms with Crippen LogP contribution in [0, 0.1) is 23.1 Å². The van der Waals surface area contributed by atoms with Crippen molar-refractivity contribution in [1.29, 1.82) is 0 Å². The Labute approximate surface area is 188 Å². The number of nitrogens with zero attached hydrogens (tertiary/aromatic N) is 6. The predicted molar refractivity (Wildman–Crippen MR) is 110 cm³/mol. The fourth-order valence-corrected chi connectivity index (χ4v) is 3.65. The standard InChI is InChI=1S/C22H14F6N6/c23-15-2-1-3-16-18(15)19(31-20-32-30-12-34(16)20)33(11-17(24)25)14-8-13(9-29-10-14)4-5-21(6-7-21)22(26,27)28/h1-3,8-10,12,17H,6-7,11H2. The van der Waals surface area contributed by atoms with Crippen molar-refractivity contribution in [2.75, 3.05) is 11.4 Å². The van der Waals surface area contributed by atoms with Gasteiger partial charge in [-0.25, -0.2) is 13.2 Å². The molecule has 0 saturated heterocycles. The maximum Gasteiger partial charge on any atom is 0.405 e. The summed E-state index contributed by atoms with van der Waals surface area (Å²) in [7, 11) is 0. The average molecular weight is 476 g/mol. The highest BCUT2D eigenvalue weighted by molar-refractivity contribution is 5.94. The molecule has 0 atom stereocenters. The molecule has 0 unspecified atom stereocenters. The minimum Gasteiger partial charge on any atom is -0.318 e. The molecule has 0 bridgehead atoms. The van der Waals surface area contributed by atoms with Crippen LogP contribution in [0.4, 0.5) is 37.8 Å². The molecule has 1 aliphatic rings. The van der Waals surface area contributed by atoms with E-state index in [-0.39, 0.29) is 41.1 Å². The van der Waals surface area contributed by atoms with Crippen LogP contribution in [0.5, 0.6) is 0 Å². The number of fused-ring (bicyclic) bond motifs is 3. The van der Waals surface area contributed by atoms with Crippen molar-refractivity contribution in [3.05, 3.63) is 54.4 Å². The molecule has 0 radical (unpaired) electrons. The summed E-state index contributed by atoms with van der Waals surface area (Å²) in [5.41, 5.74) is -1.59. The topological polar surface area (TPSA) is 59.2 Å². The summed E-state index contributed by atoms with van der Waals surface area (Å²) in [4.78, 5) is 9.23. The van der Waals surface area contributed by atoms with Gasteiger partial charge in [-0.15, -0.1) is 10.2 Å². The molecule has 34 heavy (non-hydrogen) atoms. The molecule has 1 saturated carbocycles. The molecule has 0 spiro atoms. The van der Waals surface area contributed by atoms with Crippen LogP contribution in [0.1, 0.15) is 18.4 Å². The Bertz CT molecular complexity index is 1450. The van der Waals surface area contributed by atoms with E-state index in [0.717, 1.165) is 11.0 Å². The number of hydrogen-bond acceptors (Lipinski definition) is 5. The molecule has 0 aliphatic heterocycles. The molecule has 3 aromatic heterocycles. The number of aromatic nitrogens is 5. The highest BCUT2D eigenvalue weighted by Gasteiger charge is 2.62. The fraction of sp³-hybridized carbons (Fsp3) is 0.273. The number of hydrogen-bond donors (Lipinski definition) is 0. The second-order valence-corrected chi connectivity index (χ2v) is 7.83. The van der Waals surface area contributed by atoms with E-state index < -0.39 is 30.4 Å². The molecule has 6 nitrogen and oxygen atoms in total. The first-order valence-corrected chi connectivity index (χ1v) is 10.1. The first kappa shape index (κ1) is 21.9. The Morgan fingerprint density at radius 1 is 1.18 bits per heavy atom. The van der Waals surface area contributed by atoms with E-state index in [1.165, 1.54) is 35.3 Å². The van der Waals surface area contributed by atoms with Gasteiger partial charge in [-0.05, 0) is 31.0 Å². The number of anilines is 2. The lowest BCUT2D eigenvalue weighted by molar-refractivity contribution is -0.168. The first-order chi connectivity index (χ1) is 16.2. The van der Waals surface area contributed by atoms with Crippen LogP contribution in [0.2, 0.25) is 0 Å². The van der Waals surface area contributed by atoms with Gasteiger partial charge in [0.05, 0.1) is 29.3 Å². The summed E-state index contributed by atoms with van der Waals surface area (Å²) >= 11 is 0. The van der Waals surface area contributed by atoms with Crippen LogP contribution in [-0.4, -0.2) is 43.7 Å². The van der Waals surface area contributed by atoms with Crippen molar-refractivity contribution < 1.29 is 26.3 Å². The van der Waals surface area contributed by atoms with Crippen molar-refractivity contribution in [1.82, 2.24) is 24.6 Å². The minimum atomic E-state index is -4.46. The number of halogens is 6. The highest BCUT2D eigenvalue weighted by Crippen LogP contribution is 2.57. The summed E-state index contributed by atoms with van der Waals surface area (Å²) in [6.45, 7) is -0.883.